The summed E-state index contributed by atoms with van der Waals surface area (Å²) < 4.78 is 13.7. The Kier molecular flexibility index (Phi) is 3.87. The van der Waals surface area contributed by atoms with Crippen LogP contribution in [0.25, 0.3) is 0 Å². The minimum atomic E-state index is -0.0719. The molecule has 0 fully saturated rings. The summed E-state index contributed by atoms with van der Waals surface area (Å²) in [5.41, 5.74) is 1.14. The molecule has 2 atom stereocenters. The van der Waals surface area contributed by atoms with Crippen LogP contribution in [0, 0.1) is 5.82 Å². The molecule has 1 aromatic rings. The number of fused-ring (bicyclic) bond motifs is 1. The summed E-state index contributed by atoms with van der Waals surface area (Å²) in [5.74, 6) is -0.0719. The summed E-state index contributed by atoms with van der Waals surface area (Å²) in [6, 6.07) is 5.73. The van der Waals surface area contributed by atoms with Crippen molar-refractivity contribution in [1.29, 1.82) is 0 Å². The zero-order chi connectivity index (χ0) is 11.5. The van der Waals surface area contributed by atoms with E-state index in [0.29, 0.717) is 11.3 Å². The van der Waals surface area contributed by atoms with Gasteiger partial charge in [0.15, 0.2) is 0 Å². The van der Waals surface area contributed by atoms with Gasteiger partial charge < -0.3 is 5.32 Å². The smallest absolute Gasteiger partial charge is 0.137 e. The van der Waals surface area contributed by atoms with E-state index >= 15 is 0 Å². The number of rotatable bonds is 3. The first-order valence-corrected chi connectivity index (χ1v) is 6.78. The summed E-state index contributed by atoms with van der Waals surface area (Å²) in [7, 11) is 0. The van der Waals surface area contributed by atoms with Gasteiger partial charge in [-0.05, 0) is 31.0 Å². The standard InChI is InChI=1S/C13H18FNS/c1-3-7-15-12-8-9(2)16-13-10(12)5-4-6-11(13)14/h4-6,9,12,15H,3,7-8H2,1-2H3. The summed E-state index contributed by atoms with van der Waals surface area (Å²) in [4.78, 5) is 0.842. The molecule has 1 aliphatic rings. The van der Waals surface area contributed by atoms with Crippen LogP contribution in [0.4, 0.5) is 4.39 Å². The molecule has 0 radical (unpaired) electrons. The van der Waals surface area contributed by atoms with Crippen molar-refractivity contribution in [1.82, 2.24) is 5.32 Å². The fraction of sp³-hybridized carbons (Fsp3) is 0.538. The normalized spacial score (nSPS) is 24.2. The van der Waals surface area contributed by atoms with E-state index in [2.05, 4.69) is 19.2 Å². The van der Waals surface area contributed by atoms with Gasteiger partial charge in [-0.25, -0.2) is 4.39 Å². The van der Waals surface area contributed by atoms with Crippen molar-refractivity contribution in [2.75, 3.05) is 6.54 Å². The van der Waals surface area contributed by atoms with E-state index in [-0.39, 0.29) is 5.82 Å². The van der Waals surface area contributed by atoms with E-state index in [1.807, 2.05) is 12.1 Å². The molecule has 2 rings (SSSR count). The van der Waals surface area contributed by atoms with E-state index in [0.717, 1.165) is 29.8 Å². The van der Waals surface area contributed by atoms with E-state index < -0.39 is 0 Å². The van der Waals surface area contributed by atoms with Crippen LogP contribution < -0.4 is 5.32 Å². The van der Waals surface area contributed by atoms with Crippen LogP contribution in [0.15, 0.2) is 23.1 Å². The highest BCUT2D eigenvalue weighted by Crippen LogP contribution is 2.41. The molecule has 1 N–H and O–H groups in total. The van der Waals surface area contributed by atoms with Gasteiger partial charge in [-0.2, -0.15) is 0 Å². The molecule has 1 nitrogen and oxygen atoms in total. The molecule has 1 heterocycles. The molecular weight excluding hydrogens is 221 g/mol. The van der Waals surface area contributed by atoms with Crippen LogP contribution in [-0.4, -0.2) is 11.8 Å². The Labute approximate surface area is 101 Å². The predicted octanol–water partition coefficient (Wildman–Crippen LogP) is 3.75. The third-order valence-electron chi connectivity index (χ3n) is 2.90. The van der Waals surface area contributed by atoms with Crippen molar-refractivity contribution in [3.05, 3.63) is 29.6 Å². The topological polar surface area (TPSA) is 12.0 Å². The van der Waals surface area contributed by atoms with Crippen LogP contribution in [0.3, 0.4) is 0 Å². The lowest BCUT2D eigenvalue weighted by Crippen LogP contribution is -2.28. The third-order valence-corrected chi connectivity index (χ3v) is 4.16. The minimum absolute atomic E-state index is 0.0719. The maximum Gasteiger partial charge on any atom is 0.137 e. The van der Waals surface area contributed by atoms with Crippen molar-refractivity contribution in [3.63, 3.8) is 0 Å². The summed E-state index contributed by atoms with van der Waals surface area (Å²) >= 11 is 1.66. The van der Waals surface area contributed by atoms with Gasteiger partial charge in [0.25, 0.3) is 0 Å². The first-order valence-electron chi connectivity index (χ1n) is 5.90. The summed E-state index contributed by atoms with van der Waals surface area (Å²) in [6.07, 6.45) is 2.20. The maximum atomic E-state index is 13.7. The molecule has 0 bridgehead atoms. The van der Waals surface area contributed by atoms with E-state index in [9.17, 15) is 4.39 Å². The van der Waals surface area contributed by atoms with Gasteiger partial charge in [0.1, 0.15) is 5.82 Å². The lowest BCUT2D eigenvalue weighted by Gasteiger charge is -2.30. The van der Waals surface area contributed by atoms with Crippen LogP contribution in [-0.2, 0) is 0 Å². The molecule has 88 valence electrons. The Bertz CT molecular complexity index is 367. The number of hydrogen-bond donors (Lipinski definition) is 1. The Balaban J connectivity index is 2.27. The van der Waals surface area contributed by atoms with Crippen LogP contribution in [0.1, 0.15) is 38.3 Å². The average Bonchev–Trinajstić information content (AvgIpc) is 2.27. The first kappa shape index (κ1) is 11.9. The van der Waals surface area contributed by atoms with E-state index in [4.69, 9.17) is 0 Å². The van der Waals surface area contributed by atoms with Crippen molar-refractivity contribution >= 4 is 11.8 Å². The first-order chi connectivity index (χ1) is 7.72. The number of benzene rings is 1. The van der Waals surface area contributed by atoms with Gasteiger partial charge in [-0.3, -0.25) is 0 Å². The molecular formula is C13H18FNS. The largest absolute Gasteiger partial charge is 0.310 e. The number of nitrogens with one attached hydrogen (secondary N) is 1. The molecule has 0 aromatic heterocycles. The lowest BCUT2D eigenvalue weighted by atomic mass is 10.0. The van der Waals surface area contributed by atoms with E-state index in [1.165, 1.54) is 0 Å². The monoisotopic (exact) mass is 239 g/mol. The zero-order valence-electron chi connectivity index (χ0n) is 9.79. The van der Waals surface area contributed by atoms with E-state index in [1.54, 1.807) is 17.8 Å². The molecule has 0 spiro atoms. The van der Waals surface area contributed by atoms with Gasteiger partial charge in [-0.1, -0.05) is 26.0 Å². The number of halogens is 1. The van der Waals surface area contributed by atoms with Gasteiger partial charge in [-0.15, -0.1) is 11.8 Å². The second kappa shape index (κ2) is 5.19. The van der Waals surface area contributed by atoms with Gasteiger partial charge in [0.05, 0.1) is 0 Å². The zero-order valence-corrected chi connectivity index (χ0v) is 10.6. The lowest BCUT2D eigenvalue weighted by molar-refractivity contribution is 0.475. The highest BCUT2D eigenvalue weighted by Gasteiger charge is 2.26. The summed E-state index contributed by atoms with van der Waals surface area (Å²) in [5, 5.41) is 3.99. The van der Waals surface area contributed by atoms with Gasteiger partial charge in [0.2, 0.25) is 0 Å². The van der Waals surface area contributed by atoms with Gasteiger partial charge in [0, 0.05) is 16.2 Å². The van der Waals surface area contributed by atoms with Crippen molar-refractivity contribution in [3.8, 4) is 0 Å². The Morgan fingerprint density at radius 2 is 2.31 bits per heavy atom. The molecule has 3 heteroatoms. The van der Waals surface area contributed by atoms with Crippen molar-refractivity contribution < 1.29 is 4.39 Å². The average molecular weight is 239 g/mol. The second-order valence-corrected chi connectivity index (χ2v) is 5.78. The maximum absolute atomic E-state index is 13.7. The minimum Gasteiger partial charge on any atom is -0.310 e. The highest BCUT2D eigenvalue weighted by molar-refractivity contribution is 8.00. The quantitative estimate of drug-likeness (QED) is 0.862. The molecule has 0 saturated carbocycles. The van der Waals surface area contributed by atoms with Crippen molar-refractivity contribution in [2.45, 2.75) is 42.9 Å². The predicted molar refractivity (Wildman–Crippen MR) is 67.4 cm³/mol. The van der Waals surface area contributed by atoms with Gasteiger partial charge >= 0.3 is 0 Å². The Morgan fingerprint density at radius 3 is 3.06 bits per heavy atom. The van der Waals surface area contributed by atoms with Crippen LogP contribution in [0.2, 0.25) is 0 Å². The van der Waals surface area contributed by atoms with Crippen LogP contribution in [0.5, 0.6) is 0 Å². The Morgan fingerprint density at radius 1 is 1.50 bits per heavy atom. The second-order valence-electron chi connectivity index (χ2n) is 4.33. The molecule has 0 aliphatic carbocycles. The number of thioether (sulfide) groups is 1. The molecule has 16 heavy (non-hydrogen) atoms. The molecule has 0 saturated heterocycles. The molecule has 1 aliphatic heterocycles. The fourth-order valence-electron chi connectivity index (χ4n) is 2.14. The fourth-order valence-corrected chi connectivity index (χ4v) is 3.36. The Hall–Kier alpha value is -0.540. The highest BCUT2D eigenvalue weighted by atomic mass is 32.2. The molecule has 2 unspecified atom stereocenters. The van der Waals surface area contributed by atoms with Crippen molar-refractivity contribution in [2.24, 2.45) is 0 Å². The molecule has 0 amide bonds. The van der Waals surface area contributed by atoms with Crippen LogP contribution >= 0.6 is 11.8 Å². The summed E-state index contributed by atoms with van der Waals surface area (Å²) in [6.45, 7) is 5.32. The number of hydrogen-bond acceptors (Lipinski definition) is 2. The third kappa shape index (κ3) is 2.41. The molecule has 1 aromatic carbocycles. The SMILES string of the molecule is CCCNC1CC(C)Sc2c(F)cccc21.